The smallest absolute Gasteiger partial charge is 0.251 e. The molecule has 0 bridgehead atoms. The van der Waals surface area contributed by atoms with E-state index in [1.54, 1.807) is 18.4 Å². The number of hydrogen-bond acceptors (Lipinski definition) is 3. The van der Waals surface area contributed by atoms with Crippen molar-refractivity contribution in [3.05, 3.63) is 57.8 Å². The summed E-state index contributed by atoms with van der Waals surface area (Å²) < 4.78 is 5.08. The Hall–Kier alpha value is -1.65. The molecule has 1 atom stereocenters. The standard InChI is InChI=1S/C16H19NO2S/c1-12(9-15-7-4-8-20-15)17-16(18)14-6-3-5-13(10-14)11-19-2/h3-8,10,12H,9,11H2,1-2H3,(H,17,18). The van der Waals surface area contributed by atoms with Gasteiger partial charge in [-0.1, -0.05) is 18.2 Å². The third kappa shape index (κ3) is 4.18. The number of hydrogen-bond donors (Lipinski definition) is 1. The molecule has 0 aliphatic carbocycles. The Labute approximate surface area is 123 Å². The van der Waals surface area contributed by atoms with Gasteiger partial charge in [0.25, 0.3) is 5.91 Å². The highest BCUT2D eigenvalue weighted by Crippen LogP contribution is 2.12. The number of ether oxygens (including phenoxy) is 1. The van der Waals surface area contributed by atoms with E-state index in [9.17, 15) is 4.79 Å². The first kappa shape index (κ1) is 14.8. The highest BCUT2D eigenvalue weighted by molar-refractivity contribution is 7.09. The fraction of sp³-hybridized carbons (Fsp3) is 0.312. The van der Waals surface area contributed by atoms with Crippen molar-refractivity contribution in [1.82, 2.24) is 5.32 Å². The van der Waals surface area contributed by atoms with Gasteiger partial charge in [0.1, 0.15) is 0 Å². The number of carbonyl (C=O) groups excluding carboxylic acids is 1. The van der Waals surface area contributed by atoms with Crippen molar-refractivity contribution in [2.24, 2.45) is 0 Å². The summed E-state index contributed by atoms with van der Waals surface area (Å²) in [6, 6.07) is 11.8. The van der Waals surface area contributed by atoms with Crippen molar-refractivity contribution in [1.29, 1.82) is 0 Å². The summed E-state index contributed by atoms with van der Waals surface area (Å²) in [5.41, 5.74) is 1.68. The minimum atomic E-state index is -0.0352. The van der Waals surface area contributed by atoms with Gasteiger partial charge in [-0.25, -0.2) is 0 Å². The van der Waals surface area contributed by atoms with Gasteiger partial charge in [-0.3, -0.25) is 4.79 Å². The molecule has 2 rings (SSSR count). The van der Waals surface area contributed by atoms with Crippen molar-refractivity contribution < 1.29 is 9.53 Å². The van der Waals surface area contributed by atoms with E-state index in [0.717, 1.165) is 12.0 Å². The fourth-order valence-electron chi connectivity index (χ4n) is 2.06. The summed E-state index contributed by atoms with van der Waals surface area (Å²) in [5, 5.41) is 5.08. The monoisotopic (exact) mass is 289 g/mol. The van der Waals surface area contributed by atoms with Crippen LogP contribution in [0.5, 0.6) is 0 Å². The maximum Gasteiger partial charge on any atom is 0.251 e. The summed E-state index contributed by atoms with van der Waals surface area (Å²) in [4.78, 5) is 13.5. The first-order valence-electron chi connectivity index (χ1n) is 6.60. The molecular formula is C16H19NO2S. The molecule has 0 saturated heterocycles. The number of carbonyl (C=O) groups is 1. The molecule has 20 heavy (non-hydrogen) atoms. The Balaban J connectivity index is 1.95. The van der Waals surface area contributed by atoms with Gasteiger partial charge >= 0.3 is 0 Å². The Morgan fingerprint density at radius 3 is 2.90 bits per heavy atom. The molecule has 1 amide bonds. The number of thiophene rings is 1. The van der Waals surface area contributed by atoms with E-state index < -0.39 is 0 Å². The van der Waals surface area contributed by atoms with Crippen molar-refractivity contribution in [3.63, 3.8) is 0 Å². The van der Waals surface area contributed by atoms with Crippen molar-refractivity contribution >= 4 is 17.2 Å². The molecule has 0 spiro atoms. The molecule has 1 aromatic heterocycles. The third-order valence-electron chi connectivity index (χ3n) is 2.97. The first-order valence-corrected chi connectivity index (χ1v) is 7.48. The molecule has 2 aromatic rings. The van der Waals surface area contributed by atoms with Gasteiger partial charge < -0.3 is 10.1 Å². The third-order valence-corrected chi connectivity index (χ3v) is 3.86. The van der Waals surface area contributed by atoms with E-state index in [0.29, 0.717) is 12.2 Å². The zero-order valence-corrected chi connectivity index (χ0v) is 12.6. The quantitative estimate of drug-likeness (QED) is 0.886. The topological polar surface area (TPSA) is 38.3 Å². The zero-order valence-electron chi connectivity index (χ0n) is 11.8. The number of methoxy groups -OCH3 is 1. The van der Waals surface area contributed by atoms with Crippen molar-refractivity contribution in [2.75, 3.05) is 7.11 Å². The zero-order chi connectivity index (χ0) is 14.4. The second kappa shape index (κ2) is 7.22. The molecule has 0 aliphatic heterocycles. The minimum absolute atomic E-state index is 0.0352. The van der Waals surface area contributed by atoms with Crippen LogP contribution in [0.25, 0.3) is 0 Å². The number of nitrogens with one attached hydrogen (secondary N) is 1. The van der Waals surface area contributed by atoms with Crippen LogP contribution in [0.1, 0.15) is 27.7 Å². The summed E-state index contributed by atoms with van der Waals surface area (Å²) in [6.45, 7) is 2.54. The van der Waals surface area contributed by atoms with E-state index >= 15 is 0 Å². The molecule has 1 N–H and O–H groups in total. The summed E-state index contributed by atoms with van der Waals surface area (Å²) in [6.07, 6.45) is 0.862. The maximum absolute atomic E-state index is 12.2. The van der Waals surface area contributed by atoms with Crippen LogP contribution in [0, 0.1) is 0 Å². The Morgan fingerprint density at radius 1 is 1.35 bits per heavy atom. The van der Waals surface area contributed by atoms with Gasteiger partial charge in [0.15, 0.2) is 0 Å². The van der Waals surface area contributed by atoms with E-state index in [-0.39, 0.29) is 11.9 Å². The van der Waals surface area contributed by atoms with E-state index in [4.69, 9.17) is 4.74 Å². The lowest BCUT2D eigenvalue weighted by atomic mass is 10.1. The van der Waals surface area contributed by atoms with Crippen LogP contribution in [0.2, 0.25) is 0 Å². The minimum Gasteiger partial charge on any atom is -0.380 e. The highest BCUT2D eigenvalue weighted by atomic mass is 32.1. The van der Waals surface area contributed by atoms with E-state index in [1.807, 2.05) is 37.3 Å². The predicted octanol–water partition coefficient (Wildman–Crippen LogP) is 3.26. The lowest BCUT2D eigenvalue weighted by Crippen LogP contribution is -2.33. The molecule has 0 fully saturated rings. The lowest BCUT2D eigenvalue weighted by Gasteiger charge is -2.13. The molecule has 1 aromatic carbocycles. The van der Waals surface area contributed by atoms with E-state index in [1.165, 1.54) is 4.88 Å². The summed E-state index contributed by atoms with van der Waals surface area (Å²) in [7, 11) is 1.65. The fourth-order valence-corrected chi connectivity index (χ4v) is 2.89. The van der Waals surface area contributed by atoms with Crippen molar-refractivity contribution in [2.45, 2.75) is 26.0 Å². The van der Waals surface area contributed by atoms with Crippen molar-refractivity contribution in [3.8, 4) is 0 Å². The van der Waals surface area contributed by atoms with Crippen LogP contribution >= 0.6 is 11.3 Å². The number of rotatable bonds is 6. The van der Waals surface area contributed by atoms with Gasteiger partial charge in [0, 0.05) is 30.0 Å². The van der Waals surface area contributed by atoms with Gasteiger partial charge in [-0.2, -0.15) is 0 Å². The van der Waals surface area contributed by atoms with Gasteiger partial charge in [-0.05, 0) is 36.1 Å². The average molecular weight is 289 g/mol. The molecule has 0 saturated carbocycles. The predicted molar refractivity (Wildman–Crippen MR) is 82.1 cm³/mol. The van der Waals surface area contributed by atoms with Crippen LogP contribution in [0.3, 0.4) is 0 Å². The van der Waals surface area contributed by atoms with Gasteiger partial charge in [0.05, 0.1) is 6.61 Å². The molecule has 0 aliphatic rings. The first-order chi connectivity index (χ1) is 9.69. The SMILES string of the molecule is COCc1cccc(C(=O)NC(C)Cc2cccs2)c1. The second-order valence-electron chi connectivity index (χ2n) is 4.79. The highest BCUT2D eigenvalue weighted by Gasteiger charge is 2.11. The normalized spacial score (nSPS) is 12.1. The molecule has 1 heterocycles. The number of benzene rings is 1. The molecular weight excluding hydrogens is 270 g/mol. The van der Waals surface area contributed by atoms with Crippen LogP contribution < -0.4 is 5.32 Å². The molecule has 106 valence electrons. The van der Waals surface area contributed by atoms with Crippen LogP contribution in [-0.4, -0.2) is 19.1 Å². The maximum atomic E-state index is 12.2. The van der Waals surface area contributed by atoms with Crippen LogP contribution in [0.15, 0.2) is 41.8 Å². The molecule has 3 nitrogen and oxygen atoms in total. The Bertz CT molecular complexity index is 551. The lowest BCUT2D eigenvalue weighted by molar-refractivity contribution is 0.0940. The van der Waals surface area contributed by atoms with Crippen LogP contribution in [-0.2, 0) is 17.8 Å². The summed E-state index contributed by atoms with van der Waals surface area (Å²) >= 11 is 1.72. The molecule has 1 unspecified atom stereocenters. The van der Waals surface area contributed by atoms with E-state index in [2.05, 4.69) is 16.8 Å². The second-order valence-corrected chi connectivity index (χ2v) is 5.82. The van der Waals surface area contributed by atoms with Gasteiger partial charge in [0.2, 0.25) is 0 Å². The summed E-state index contributed by atoms with van der Waals surface area (Å²) in [5.74, 6) is -0.0352. The molecule has 4 heteroatoms. The Kier molecular flexibility index (Phi) is 5.32. The number of amides is 1. The van der Waals surface area contributed by atoms with Crippen LogP contribution in [0.4, 0.5) is 0 Å². The molecule has 0 radical (unpaired) electrons. The largest absolute Gasteiger partial charge is 0.380 e. The average Bonchev–Trinajstić information content (AvgIpc) is 2.92. The van der Waals surface area contributed by atoms with Gasteiger partial charge in [-0.15, -0.1) is 11.3 Å². The Morgan fingerprint density at radius 2 is 2.20 bits per heavy atom.